The van der Waals surface area contributed by atoms with Gasteiger partial charge >= 0.3 is 0 Å². The Morgan fingerprint density at radius 1 is 1.00 bits per heavy atom. The lowest BCUT2D eigenvalue weighted by Gasteiger charge is -2.05. The van der Waals surface area contributed by atoms with E-state index in [1.54, 1.807) is 23.9 Å². The Labute approximate surface area is 135 Å². The van der Waals surface area contributed by atoms with Gasteiger partial charge in [0.15, 0.2) is 0 Å². The summed E-state index contributed by atoms with van der Waals surface area (Å²) in [7, 11) is 0. The Morgan fingerprint density at radius 3 is 2.45 bits per heavy atom. The van der Waals surface area contributed by atoms with Gasteiger partial charge in [0, 0.05) is 12.3 Å². The zero-order valence-electron chi connectivity index (χ0n) is 12.4. The van der Waals surface area contributed by atoms with E-state index in [1.807, 2.05) is 18.2 Å². The van der Waals surface area contributed by atoms with E-state index in [-0.39, 0.29) is 11.7 Å². The SMILES string of the molecule is O=C(CSCc1ccc(F)cc1)NCCCc1ccccc1. The van der Waals surface area contributed by atoms with Gasteiger partial charge in [-0.05, 0) is 36.1 Å². The molecular weight excluding hydrogens is 297 g/mol. The molecule has 22 heavy (non-hydrogen) atoms. The Bertz CT molecular complexity index is 571. The first-order chi connectivity index (χ1) is 10.7. The number of thioether (sulfide) groups is 1. The van der Waals surface area contributed by atoms with Gasteiger partial charge in [-0.15, -0.1) is 11.8 Å². The van der Waals surface area contributed by atoms with Crippen LogP contribution in [0.3, 0.4) is 0 Å². The number of halogens is 1. The molecule has 0 aliphatic heterocycles. The fourth-order valence-corrected chi connectivity index (χ4v) is 2.88. The molecule has 2 nitrogen and oxygen atoms in total. The van der Waals surface area contributed by atoms with Crippen molar-refractivity contribution in [3.63, 3.8) is 0 Å². The molecule has 0 radical (unpaired) electrons. The first-order valence-corrected chi connectivity index (χ1v) is 8.52. The van der Waals surface area contributed by atoms with Gasteiger partial charge in [-0.1, -0.05) is 42.5 Å². The summed E-state index contributed by atoms with van der Waals surface area (Å²) in [6.45, 7) is 0.699. The first-order valence-electron chi connectivity index (χ1n) is 7.37. The summed E-state index contributed by atoms with van der Waals surface area (Å²) in [5.41, 5.74) is 2.32. The van der Waals surface area contributed by atoms with Crippen molar-refractivity contribution in [1.29, 1.82) is 0 Å². The highest BCUT2D eigenvalue weighted by atomic mass is 32.2. The summed E-state index contributed by atoms with van der Waals surface area (Å²) >= 11 is 1.54. The molecule has 116 valence electrons. The zero-order valence-corrected chi connectivity index (χ0v) is 13.2. The number of benzene rings is 2. The predicted molar refractivity (Wildman–Crippen MR) is 90.3 cm³/mol. The van der Waals surface area contributed by atoms with E-state index in [0.717, 1.165) is 24.2 Å². The van der Waals surface area contributed by atoms with Crippen LogP contribution in [0.25, 0.3) is 0 Å². The number of nitrogens with one attached hydrogen (secondary N) is 1. The highest BCUT2D eigenvalue weighted by Crippen LogP contribution is 2.12. The molecule has 0 saturated carbocycles. The number of hydrogen-bond donors (Lipinski definition) is 1. The fourth-order valence-electron chi connectivity index (χ4n) is 2.06. The average Bonchev–Trinajstić information content (AvgIpc) is 2.54. The number of hydrogen-bond acceptors (Lipinski definition) is 2. The van der Waals surface area contributed by atoms with Crippen LogP contribution in [0.1, 0.15) is 17.5 Å². The molecule has 1 N–H and O–H groups in total. The maximum absolute atomic E-state index is 12.8. The molecule has 0 heterocycles. The lowest BCUT2D eigenvalue weighted by molar-refractivity contribution is -0.118. The highest BCUT2D eigenvalue weighted by molar-refractivity contribution is 7.99. The van der Waals surface area contributed by atoms with Gasteiger partial charge in [-0.2, -0.15) is 0 Å². The molecule has 0 atom stereocenters. The molecule has 0 saturated heterocycles. The average molecular weight is 317 g/mol. The molecule has 0 spiro atoms. The van der Waals surface area contributed by atoms with E-state index in [9.17, 15) is 9.18 Å². The normalized spacial score (nSPS) is 10.4. The van der Waals surface area contributed by atoms with E-state index in [0.29, 0.717) is 12.3 Å². The van der Waals surface area contributed by atoms with Crippen molar-refractivity contribution in [2.24, 2.45) is 0 Å². The molecule has 4 heteroatoms. The summed E-state index contributed by atoms with van der Waals surface area (Å²) in [6.07, 6.45) is 1.92. The van der Waals surface area contributed by atoms with E-state index >= 15 is 0 Å². The van der Waals surface area contributed by atoms with Crippen molar-refractivity contribution in [2.75, 3.05) is 12.3 Å². The third-order valence-electron chi connectivity index (χ3n) is 3.22. The van der Waals surface area contributed by atoms with Crippen LogP contribution < -0.4 is 5.32 Å². The second-order valence-corrected chi connectivity index (χ2v) is 6.04. The summed E-state index contributed by atoms with van der Waals surface area (Å²) in [5, 5.41) is 2.93. The third-order valence-corrected chi connectivity index (χ3v) is 4.23. The molecule has 0 aliphatic rings. The van der Waals surface area contributed by atoms with Crippen molar-refractivity contribution in [3.05, 3.63) is 71.5 Å². The number of amides is 1. The van der Waals surface area contributed by atoms with Crippen LogP contribution in [0.4, 0.5) is 4.39 Å². The van der Waals surface area contributed by atoms with Crippen LogP contribution in [-0.2, 0) is 17.0 Å². The van der Waals surface area contributed by atoms with Gasteiger partial charge in [0.05, 0.1) is 5.75 Å². The Hall–Kier alpha value is -1.81. The van der Waals surface area contributed by atoms with Crippen LogP contribution in [0, 0.1) is 5.82 Å². The summed E-state index contributed by atoms with van der Waals surface area (Å²) < 4.78 is 12.8. The quantitative estimate of drug-likeness (QED) is 0.750. The minimum Gasteiger partial charge on any atom is -0.355 e. The van der Waals surface area contributed by atoms with Gasteiger partial charge in [0.2, 0.25) is 5.91 Å². The molecule has 0 fully saturated rings. The van der Waals surface area contributed by atoms with E-state index < -0.39 is 0 Å². The van der Waals surface area contributed by atoms with Gasteiger partial charge < -0.3 is 5.32 Å². The zero-order chi connectivity index (χ0) is 15.6. The van der Waals surface area contributed by atoms with Crippen molar-refractivity contribution < 1.29 is 9.18 Å². The number of carbonyl (C=O) groups excluding carboxylic acids is 1. The molecule has 0 bridgehead atoms. The maximum Gasteiger partial charge on any atom is 0.230 e. The van der Waals surface area contributed by atoms with Crippen molar-refractivity contribution >= 4 is 17.7 Å². The minimum atomic E-state index is -0.232. The molecule has 2 aromatic carbocycles. The molecular formula is C18H20FNOS. The van der Waals surface area contributed by atoms with Crippen molar-refractivity contribution in [2.45, 2.75) is 18.6 Å². The Balaban J connectivity index is 1.55. The molecule has 0 aromatic heterocycles. The van der Waals surface area contributed by atoms with Gasteiger partial charge in [0.25, 0.3) is 0 Å². The number of rotatable bonds is 8. The minimum absolute atomic E-state index is 0.0557. The van der Waals surface area contributed by atoms with Crippen LogP contribution in [-0.4, -0.2) is 18.2 Å². The maximum atomic E-state index is 12.8. The lowest BCUT2D eigenvalue weighted by Crippen LogP contribution is -2.26. The van der Waals surface area contributed by atoms with Gasteiger partial charge in [-0.3, -0.25) is 4.79 Å². The van der Waals surface area contributed by atoms with Crippen LogP contribution in [0.2, 0.25) is 0 Å². The summed E-state index contributed by atoms with van der Waals surface area (Å²) in [4.78, 5) is 11.7. The Morgan fingerprint density at radius 2 is 1.73 bits per heavy atom. The third kappa shape index (κ3) is 6.31. The smallest absolute Gasteiger partial charge is 0.230 e. The first kappa shape index (κ1) is 16.6. The van der Waals surface area contributed by atoms with Crippen LogP contribution >= 0.6 is 11.8 Å². The molecule has 2 aromatic rings. The standard InChI is InChI=1S/C18H20FNOS/c19-17-10-8-16(9-11-17)13-22-14-18(21)20-12-4-7-15-5-2-1-3-6-15/h1-3,5-6,8-11H,4,7,12-14H2,(H,20,21). The van der Waals surface area contributed by atoms with Crippen molar-refractivity contribution in [3.8, 4) is 0 Å². The van der Waals surface area contributed by atoms with Gasteiger partial charge in [-0.25, -0.2) is 4.39 Å². The molecule has 0 aliphatic carbocycles. The predicted octanol–water partition coefficient (Wildman–Crippen LogP) is 3.81. The van der Waals surface area contributed by atoms with E-state index in [1.165, 1.54) is 17.7 Å². The second kappa shape index (κ2) is 9.26. The molecule has 0 unspecified atom stereocenters. The number of aryl methyl sites for hydroxylation is 1. The van der Waals surface area contributed by atoms with E-state index in [2.05, 4.69) is 17.4 Å². The fraction of sp³-hybridized carbons (Fsp3) is 0.278. The van der Waals surface area contributed by atoms with Crippen LogP contribution in [0.15, 0.2) is 54.6 Å². The Kier molecular flexibility index (Phi) is 6.97. The van der Waals surface area contributed by atoms with Crippen molar-refractivity contribution in [1.82, 2.24) is 5.32 Å². The number of carbonyl (C=O) groups is 1. The largest absolute Gasteiger partial charge is 0.355 e. The topological polar surface area (TPSA) is 29.1 Å². The molecule has 2 rings (SSSR count). The monoisotopic (exact) mass is 317 g/mol. The highest BCUT2D eigenvalue weighted by Gasteiger charge is 2.02. The lowest BCUT2D eigenvalue weighted by atomic mass is 10.1. The van der Waals surface area contributed by atoms with E-state index in [4.69, 9.17) is 0 Å². The molecule has 1 amide bonds. The summed E-state index contributed by atoms with van der Waals surface area (Å²) in [6, 6.07) is 16.6. The van der Waals surface area contributed by atoms with Crippen LogP contribution in [0.5, 0.6) is 0 Å². The summed E-state index contributed by atoms with van der Waals surface area (Å²) in [5.74, 6) is 0.977. The van der Waals surface area contributed by atoms with Gasteiger partial charge in [0.1, 0.15) is 5.82 Å². The second-order valence-electron chi connectivity index (χ2n) is 5.06.